The second kappa shape index (κ2) is 5.81. The van der Waals surface area contributed by atoms with Crippen molar-refractivity contribution in [3.8, 4) is 5.69 Å². The highest BCUT2D eigenvalue weighted by Gasteiger charge is 2.16. The largest absolute Gasteiger partial charge is 0.481 e. The third kappa shape index (κ3) is 3.20. The van der Waals surface area contributed by atoms with E-state index in [4.69, 9.17) is 22.4 Å². The second-order valence-corrected chi connectivity index (χ2v) is 5.72. The highest BCUT2D eigenvalue weighted by molar-refractivity contribution is 9.10. The van der Waals surface area contributed by atoms with Crippen LogP contribution in [0.15, 0.2) is 27.8 Å². The summed E-state index contributed by atoms with van der Waals surface area (Å²) in [5.74, 6) is -0.935. The fourth-order valence-electron chi connectivity index (χ4n) is 1.38. The zero-order chi connectivity index (χ0) is 14.0. The molecule has 0 saturated carbocycles. The highest BCUT2D eigenvalue weighted by atomic mass is 79.9. The van der Waals surface area contributed by atoms with Crippen LogP contribution in [0.5, 0.6) is 0 Å². The fraction of sp³-hybridized carbons (Fsp3) is 0.100. The number of carbonyl (C=O) groups is 1. The van der Waals surface area contributed by atoms with Crippen molar-refractivity contribution in [2.24, 2.45) is 0 Å². The number of nitrogens with zero attached hydrogens (tertiary/aromatic N) is 3. The highest BCUT2D eigenvalue weighted by Crippen LogP contribution is 2.30. The van der Waals surface area contributed by atoms with Crippen molar-refractivity contribution >= 4 is 51.2 Å². The van der Waals surface area contributed by atoms with Crippen molar-refractivity contribution in [2.75, 3.05) is 11.5 Å². The average molecular weight is 364 g/mol. The summed E-state index contributed by atoms with van der Waals surface area (Å²) in [4.78, 5) is 10.6. The van der Waals surface area contributed by atoms with Gasteiger partial charge in [-0.05, 0) is 18.2 Å². The van der Waals surface area contributed by atoms with E-state index in [0.29, 0.717) is 15.9 Å². The number of nitrogens with two attached hydrogens (primary N) is 1. The molecule has 9 heteroatoms. The molecule has 3 N–H and O–H groups in total. The molecule has 1 aromatic carbocycles. The van der Waals surface area contributed by atoms with Crippen LogP contribution in [0, 0.1) is 0 Å². The van der Waals surface area contributed by atoms with Crippen molar-refractivity contribution in [1.82, 2.24) is 14.8 Å². The van der Waals surface area contributed by atoms with Gasteiger partial charge in [0.25, 0.3) is 0 Å². The minimum absolute atomic E-state index is 0.135. The number of halogens is 2. The predicted molar refractivity (Wildman–Crippen MR) is 76.8 cm³/mol. The van der Waals surface area contributed by atoms with E-state index in [1.807, 2.05) is 0 Å². The zero-order valence-corrected chi connectivity index (χ0v) is 12.5. The van der Waals surface area contributed by atoms with Crippen molar-refractivity contribution in [2.45, 2.75) is 5.16 Å². The Labute approximate surface area is 126 Å². The lowest BCUT2D eigenvalue weighted by Gasteiger charge is -2.09. The van der Waals surface area contributed by atoms with E-state index in [2.05, 4.69) is 26.1 Å². The number of rotatable bonds is 4. The summed E-state index contributed by atoms with van der Waals surface area (Å²) in [6.07, 6.45) is 0. The summed E-state index contributed by atoms with van der Waals surface area (Å²) in [6.45, 7) is 0. The number of anilines is 1. The Hall–Kier alpha value is -1.25. The molecule has 2 aromatic rings. The molecule has 0 amide bonds. The number of hydrogen-bond acceptors (Lipinski definition) is 5. The standard InChI is InChI=1S/C10H8BrClN4O2S/c11-5-1-2-6(12)7(3-5)16-9(13)14-15-10(16)19-4-8(17)18/h1-3H,4H2,(H2,13,14)(H,17,18). The van der Waals surface area contributed by atoms with E-state index in [0.717, 1.165) is 16.2 Å². The molecular weight excluding hydrogens is 356 g/mol. The Morgan fingerprint density at radius 1 is 1.53 bits per heavy atom. The topological polar surface area (TPSA) is 94.0 Å². The lowest BCUT2D eigenvalue weighted by atomic mass is 10.3. The van der Waals surface area contributed by atoms with Gasteiger partial charge in [-0.2, -0.15) is 0 Å². The molecule has 6 nitrogen and oxygen atoms in total. The average Bonchev–Trinajstić information content (AvgIpc) is 2.71. The summed E-state index contributed by atoms with van der Waals surface area (Å²) in [5.41, 5.74) is 6.34. The Bertz CT molecular complexity index is 634. The number of carboxylic acid groups (broad SMARTS) is 1. The van der Waals surface area contributed by atoms with Crippen molar-refractivity contribution in [3.05, 3.63) is 27.7 Å². The number of aromatic nitrogens is 3. The minimum atomic E-state index is -0.946. The molecule has 0 bridgehead atoms. The molecular formula is C10H8BrClN4O2S. The normalized spacial score (nSPS) is 10.6. The minimum Gasteiger partial charge on any atom is -0.481 e. The van der Waals surface area contributed by atoms with E-state index in [1.54, 1.807) is 18.2 Å². The smallest absolute Gasteiger partial charge is 0.313 e. The molecule has 0 spiro atoms. The summed E-state index contributed by atoms with van der Waals surface area (Å²) in [6, 6.07) is 5.25. The number of nitrogen functional groups attached to an aromatic ring is 1. The van der Waals surface area contributed by atoms with Gasteiger partial charge in [0.1, 0.15) is 0 Å². The molecule has 0 unspecified atom stereocenters. The van der Waals surface area contributed by atoms with Gasteiger partial charge in [-0.25, -0.2) is 0 Å². The molecule has 1 heterocycles. The Kier molecular flexibility index (Phi) is 4.33. The van der Waals surface area contributed by atoms with E-state index in [-0.39, 0.29) is 11.7 Å². The summed E-state index contributed by atoms with van der Waals surface area (Å²) < 4.78 is 2.33. The van der Waals surface area contributed by atoms with Gasteiger partial charge in [-0.3, -0.25) is 9.36 Å². The number of benzene rings is 1. The first kappa shape index (κ1) is 14.2. The molecule has 0 saturated heterocycles. The van der Waals surface area contributed by atoms with Crippen LogP contribution in [-0.4, -0.2) is 31.6 Å². The number of aliphatic carboxylic acids is 1. The van der Waals surface area contributed by atoms with Crippen molar-refractivity contribution in [3.63, 3.8) is 0 Å². The molecule has 0 aliphatic heterocycles. The van der Waals surface area contributed by atoms with Crippen LogP contribution in [0.3, 0.4) is 0 Å². The van der Waals surface area contributed by atoms with Crippen LogP contribution in [0.1, 0.15) is 0 Å². The zero-order valence-electron chi connectivity index (χ0n) is 9.38. The molecule has 1 aromatic heterocycles. The molecule has 0 atom stereocenters. The van der Waals surface area contributed by atoms with Gasteiger partial charge in [0.05, 0.1) is 16.5 Å². The molecule has 0 radical (unpaired) electrons. The summed E-state index contributed by atoms with van der Waals surface area (Å²) in [5, 5.41) is 17.1. The van der Waals surface area contributed by atoms with Crippen molar-refractivity contribution < 1.29 is 9.90 Å². The van der Waals surface area contributed by atoms with Crippen LogP contribution >= 0.6 is 39.3 Å². The second-order valence-electron chi connectivity index (χ2n) is 3.45. The molecule has 19 heavy (non-hydrogen) atoms. The third-order valence-corrected chi connectivity index (χ3v) is 3.86. The van der Waals surface area contributed by atoms with Gasteiger partial charge in [-0.15, -0.1) is 10.2 Å². The number of carboxylic acids is 1. The molecule has 0 aliphatic carbocycles. The van der Waals surface area contributed by atoms with Gasteiger partial charge < -0.3 is 10.8 Å². The van der Waals surface area contributed by atoms with Crippen LogP contribution in [0.25, 0.3) is 5.69 Å². The first-order valence-electron chi connectivity index (χ1n) is 5.00. The van der Waals surface area contributed by atoms with Gasteiger partial charge in [-0.1, -0.05) is 39.3 Å². The van der Waals surface area contributed by atoms with Crippen LogP contribution in [0.4, 0.5) is 5.95 Å². The van der Waals surface area contributed by atoms with Gasteiger partial charge in [0.15, 0.2) is 5.16 Å². The van der Waals surface area contributed by atoms with E-state index < -0.39 is 5.97 Å². The molecule has 0 fully saturated rings. The fourth-order valence-corrected chi connectivity index (χ4v) is 2.61. The lowest BCUT2D eigenvalue weighted by Crippen LogP contribution is -2.05. The molecule has 2 rings (SSSR count). The van der Waals surface area contributed by atoms with E-state index >= 15 is 0 Å². The number of hydrogen-bond donors (Lipinski definition) is 2. The maximum atomic E-state index is 10.6. The van der Waals surface area contributed by atoms with Crippen LogP contribution in [-0.2, 0) is 4.79 Å². The van der Waals surface area contributed by atoms with Crippen molar-refractivity contribution in [1.29, 1.82) is 0 Å². The quantitative estimate of drug-likeness (QED) is 0.810. The van der Waals surface area contributed by atoms with Crippen LogP contribution < -0.4 is 5.73 Å². The maximum Gasteiger partial charge on any atom is 0.313 e. The summed E-state index contributed by atoms with van der Waals surface area (Å²) >= 11 is 10.5. The van der Waals surface area contributed by atoms with E-state index in [1.165, 1.54) is 4.57 Å². The number of thioether (sulfide) groups is 1. The SMILES string of the molecule is Nc1nnc(SCC(=O)O)n1-c1cc(Br)ccc1Cl. The Balaban J connectivity index is 2.46. The lowest BCUT2D eigenvalue weighted by molar-refractivity contribution is -0.133. The summed E-state index contributed by atoms with van der Waals surface area (Å²) in [7, 11) is 0. The first-order valence-corrected chi connectivity index (χ1v) is 7.15. The van der Waals surface area contributed by atoms with Gasteiger partial charge in [0, 0.05) is 4.47 Å². The van der Waals surface area contributed by atoms with Gasteiger partial charge >= 0.3 is 5.97 Å². The molecule has 100 valence electrons. The molecule has 0 aliphatic rings. The van der Waals surface area contributed by atoms with Crippen LogP contribution in [0.2, 0.25) is 5.02 Å². The van der Waals surface area contributed by atoms with E-state index in [9.17, 15) is 4.79 Å². The maximum absolute atomic E-state index is 10.6. The predicted octanol–water partition coefficient (Wildman–Crippen LogP) is 2.44. The first-order chi connectivity index (χ1) is 8.99. The third-order valence-electron chi connectivity index (χ3n) is 2.13. The van der Waals surface area contributed by atoms with Gasteiger partial charge in [0.2, 0.25) is 5.95 Å². The Morgan fingerprint density at radius 2 is 2.26 bits per heavy atom. The monoisotopic (exact) mass is 362 g/mol. The Morgan fingerprint density at radius 3 is 2.95 bits per heavy atom.